The number of benzene rings is 3. The summed E-state index contributed by atoms with van der Waals surface area (Å²) in [7, 11) is 0. The summed E-state index contributed by atoms with van der Waals surface area (Å²) in [5.74, 6) is 0.831. The molecule has 0 saturated carbocycles. The summed E-state index contributed by atoms with van der Waals surface area (Å²) in [4.78, 5) is 4.75. The van der Waals surface area contributed by atoms with Crippen LogP contribution in [0.25, 0.3) is 21.8 Å². The zero-order valence-corrected chi connectivity index (χ0v) is 14.9. The molecular formula is C22H17NOS. The lowest BCUT2D eigenvalue weighted by atomic mass is 10.0. The monoisotopic (exact) mass is 343 g/mol. The quantitative estimate of drug-likeness (QED) is 0.341. The molecule has 0 saturated heterocycles. The van der Waals surface area contributed by atoms with Crippen molar-refractivity contribution < 1.29 is 4.74 Å². The van der Waals surface area contributed by atoms with Crippen molar-refractivity contribution in [3.63, 3.8) is 0 Å². The molecule has 0 aliphatic carbocycles. The lowest BCUT2D eigenvalue weighted by Crippen LogP contribution is -2.11. The van der Waals surface area contributed by atoms with E-state index in [1.165, 1.54) is 0 Å². The second kappa shape index (κ2) is 6.26. The molecule has 1 heterocycles. The Morgan fingerprint density at radius 1 is 0.760 bits per heavy atom. The minimum atomic E-state index is 0.479. The van der Waals surface area contributed by atoms with Crippen LogP contribution in [0.1, 0.15) is 16.7 Å². The van der Waals surface area contributed by atoms with Crippen LogP contribution in [0, 0.1) is 13.8 Å². The molecule has 0 radical (unpaired) electrons. The summed E-state index contributed by atoms with van der Waals surface area (Å²) in [5, 5.41) is 2.50. The third-order valence-corrected chi connectivity index (χ3v) is 4.68. The molecule has 2 nitrogen and oxygen atoms in total. The van der Waals surface area contributed by atoms with Crippen LogP contribution in [0.3, 0.4) is 0 Å². The molecule has 4 aromatic rings. The van der Waals surface area contributed by atoms with Crippen molar-refractivity contribution >= 4 is 39.1 Å². The van der Waals surface area contributed by atoms with Crippen LogP contribution < -0.4 is 4.74 Å². The van der Waals surface area contributed by atoms with Crippen LogP contribution >= 0.6 is 12.2 Å². The van der Waals surface area contributed by atoms with Gasteiger partial charge in [-0.05, 0) is 49.3 Å². The zero-order chi connectivity index (χ0) is 17.4. The molecule has 3 aromatic carbocycles. The second-order valence-electron chi connectivity index (χ2n) is 6.13. The molecule has 0 bridgehead atoms. The highest BCUT2D eigenvalue weighted by Crippen LogP contribution is 2.29. The van der Waals surface area contributed by atoms with Crippen molar-refractivity contribution in [1.82, 2.24) is 4.98 Å². The van der Waals surface area contributed by atoms with Gasteiger partial charge in [-0.3, -0.25) is 0 Å². The number of para-hydroxylation sites is 3. The van der Waals surface area contributed by atoms with Crippen molar-refractivity contribution in [1.29, 1.82) is 0 Å². The standard InChI is InChI=1S/C22H17NOS/c1-14-8-7-9-15(2)21(14)24-22(25)20-16-10-3-5-12-18(16)23-19-13-6-4-11-17(19)20/h3-13H,1-2H3. The van der Waals surface area contributed by atoms with E-state index in [1.54, 1.807) is 0 Å². The topological polar surface area (TPSA) is 22.1 Å². The highest BCUT2D eigenvalue weighted by atomic mass is 32.1. The molecule has 122 valence electrons. The van der Waals surface area contributed by atoms with Crippen molar-refractivity contribution in [2.75, 3.05) is 0 Å². The van der Waals surface area contributed by atoms with Gasteiger partial charge in [0.2, 0.25) is 0 Å². The number of pyridine rings is 1. The number of hydrogen-bond acceptors (Lipinski definition) is 3. The van der Waals surface area contributed by atoms with Crippen molar-refractivity contribution in [2.24, 2.45) is 0 Å². The lowest BCUT2D eigenvalue weighted by Gasteiger charge is -2.15. The number of hydrogen-bond donors (Lipinski definition) is 0. The molecule has 0 unspecified atom stereocenters. The minimum Gasteiger partial charge on any atom is -0.445 e. The van der Waals surface area contributed by atoms with Crippen LogP contribution in [-0.2, 0) is 0 Å². The lowest BCUT2D eigenvalue weighted by molar-refractivity contribution is 0.557. The fourth-order valence-electron chi connectivity index (χ4n) is 3.16. The van der Waals surface area contributed by atoms with Crippen LogP contribution in [0.2, 0.25) is 0 Å². The molecule has 0 spiro atoms. The number of thiocarbonyl (C=S) groups is 1. The van der Waals surface area contributed by atoms with Gasteiger partial charge in [-0.25, -0.2) is 4.98 Å². The van der Waals surface area contributed by atoms with Crippen molar-refractivity contribution in [2.45, 2.75) is 13.8 Å². The summed E-state index contributed by atoms with van der Waals surface area (Å²) in [6, 6.07) is 22.2. The van der Waals surface area contributed by atoms with E-state index in [1.807, 2.05) is 80.6 Å². The Bertz CT molecular complexity index is 1040. The van der Waals surface area contributed by atoms with Gasteiger partial charge in [-0.1, -0.05) is 54.6 Å². The largest absolute Gasteiger partial charge is 0.445 e. The van der Waals surface area contributed by atoms with Gasteiger partial charge in [0.25, 0.3) is 0 Å². The van der Waals surface area contributed by atoms with Crippen LogP contribution in [0.15, 0.2) is 66.7 Å². The van der Waals surface area contributed by atoms with Gasteiger partial charge in [0.15, 0.2) is 5.05 Å². The number of aromatic nitrogens is 1. The molecule has 1 aromatic heterocycles. The van der Waals surface area contributed by atoms with Crippen molar-refractivity contribution in [3.05, 3.63) is 83.4 Å². The Balaban J connectivity index is 1.93. The Hall–Kier alpha value is -2.78. The van der Waals surface area contributed by atoms with E-state index >= 15 is 0 Å². The van der Waals surface area contributed by atoms with Gasteiger partial charge in [0.05, 0.1) is 11.0 Å². The molecule has 0 amide bonds. The maximum atomic E-state index is 6.18. The van der Waals surface area contributed by atoms with E-state index in [4.69, 9.17) is 21.9 Å². The Morgan fingerprint density at radius 2 is 1.28 bits per heavy atom. The van der Waals surface area contributed by atoms with Gasteiger partial charge < -0.3 is 4.74 Å². The fraction of sp³-hybridized carbons (Fsp3) is 0.0909. The number of nitrogens with zero attached hydrogens (tertiary/aromatic N) is 1. The third-order valence-electron chi connectivity index (χ3n) is 4.40. The third kappa shape index (κ3) is 2.77. The second-order valence-corrected chi connectivity index (χ2v) is 6.50. The summed E-state index contributed by atoms with van der Waals surface area (Å²) < 4.78 is 6.18. The van der Waals surface area contributed by atoms with Gasteiger partial charge in [-0.2, -0.15) is 0 Å². The van der Waals surface area contributed by atoms with Crippen molar-refractivity contribution in [3.8, 4) is 5.75 Å². The molecule has 0 fully saturated rings. The SMILES string of the molecule is Cc1cccc(C)c1OC(=S)c1c2ccccc2nc2ccccc12. The van der Waals surface area contributed by atoms with E-state index in [9.17, 15) is 0 Å². The van der Waals surface area contributed by atoms with Crippen LogP contribution in [0.5, 0.6) is 5.75 Å². The molecule has 0 atom stereocenters. The average molecular weight is 343 g/mol. The predicted octanol–water partition coefficient (Wildman–Crippen LogP) is 5.76. The van der Waals surface area contributed by atoms with Crippen LogP contribution in [0.4, 0.5) is 0 Å². The van der Waals surface area contributed by atoms with E-state index < -0.39 is 0 Å². The van der Waals surface area contributed by atoms with Gasteiger partial charge >= 0.3 is 0 Å². The normalized spacial score (nSPS) is 11.0. The van der Waals surface area contributed by atoms with Gasteiger partial charge in [-0.15, -0.1) is 0 Å². The maximum absolute atomic E-state index is 6.18. The molecule has 0 N–H and O–H groups in total. The number of fused-ring (bicyclic) bond motifs is 2. The highest BCUT2D eigenvalue weighted by Gasteiger charge is 2.16. The molecule has 25 heavy (non-hydrogen) atoms. The number of aryl methyl sites for hydroxylation is 2. The van der Waals surface area contributed by atoms with E-state index in [2.05, 4.69) is 0 Å². The summed E-state index contributed by atoms with van der Waals surface area (Å²) in [6.45, 7) is 4.07. The van der Waals surface area contributed by atoms with E-state index in [0.717, 1.165) is 44.2 Å². The fourth-order valence-corrected chi connectivity index (χ4v) is 3.47. The minimum absolute atomic E-state index is 0.479. The Labute approximate surface area is 152 Å². The molecule has 4 rings (SSSR count). The summed E-state index contributed by atoms with van der Waals surface area (Å²) >= 11 is 5.73. The maximum Gasteiger partial charge on any atom is 0.199 e. The first kappa shape index (κ1) is 15.7. The van der Waals surface area contributed by atoms with Gasteiger partial charge in [0, 0.05) is 16.3 Å². The zero-order valence-electron chi connectivity index (χ0n) is 14.1. The molecule has 0 aliphatic heterocycles. The van der Waals surface area contributed by atoms with E-state index in [0.29, 0.717) is 5.05 Å². The first-order valence-corrected chi connectivity index (χ1v) is 8.62. The average Bonchev–Trinajstić information content (AvgIpc) is 2.62. The molecule has 3 heteroatoms. The number of ether oxygens (including phenoxy) is 1. The predicted molar refractivity (Wildman–Crippen MR) is 107 cm³/mol. The smallest absolute Gasteiger partial charge is 0.199 e. The van der Waals surface area contributed by atoms with Gasteiger partial charge in [0.1, 0.15) is 5.75 Å². The highest BCUT2D eigenvalue weighted by molar-refractivity contribution is 7.80. The van der Waals surface area contributed by atoms with Crippen LogP contribution in [-0.4, -0.2) is 10.0 Å². The summed E-state index contributed by atoms with van der Waals surface area (Å²) in [5.41, 5.74) is 4.92. The van der Waals surface area contributed by atoms with E-state index in [-0.39, 0.29) is 0 Å². The number of rotatable bonds is 2. The summed E-state index contributed by atoms with van der Waals surface area (Å²) in [6.07, 6.45) is 0. The first-order chi connectivity index (χ1) is 12.1. The first-order valence-electron chi connectivity index (χ1n) is 8.21. The Morgan fingerprint density at radius 3 is 1.84 bits per heavy atom. The molecule has 0 aliphatic rings. The molecular weight excluding hydrogens is 326 g/mol. The Kier molecular flexibility index (Phi) is 3.94.